The van der Waals surface area contributed by atoms with Crippen LogP contribution in [0.4, 0.5) is 0 Å². The number of amides is 1. The number of piperidine rings is 1. The van der Waals surface area contributed by atoms with Gasteiger partial charge in [0.15, 0.2) is 6.04 Å². The highest BCUT2D eigenvalue weighted by Gasteiger charge is 2.32. The van der Waals surface area contributed by atoms with Crippen LogP contribution in [-0.2, 0) is 19.6 Å². The lowest BCUT2D eigenvalue weighted by Crippen LogP contribution is -2.45. The molecule has 1 saturated heterocycles. The second-order valence-corrected chi connectivity index (χ2v) is 9.03. The Morgan fingerprint density at radius 2 is 1.73 bits per heavy atom. The number of carboxylic acid groups (broad SMARTS) is 1. The summed E-state index contributed by atoms with van der Waals surface area (Å²) in [6.45, 7) is 5.92. The molecule has 0 aliphatic carbocycles. The molecule has 1 heterocycles. The van der Waals surface area contributed by atoms with Gasteiger partial charge in [0.1, 0.15) is 0 Å². The molecule has 2 rings (SSSR count). The molecule has 0 saturated carbocycles. The Bertz CT molecular complexity index is 763. The molecule has 1 atom stereocenters. The van der Waals surface area contributed by atoms with Crippen LogP contribution in [0.5, 0.6) is 0 Å². The molecular formula is C18H26N2O5S. The molecule has 1 aliphatic rings. The van der Waals surface area contributed by atoms with Crippen molar-refractivity contribution in [3.63, 3.8) is 0 Å². The van der Waals surface area contributed by atoms with Crippen molar-refractivity contribution in [2.75, 3.05) is 18.8 Å². The molecule has 1 unspecified atom stereocenters. The van der Waals surface area contributed by atoms with E-state index in [1.54, 1.807) is 19.1 Å². The number of rotatable bonds is 6. The first kappa shape index (κ1) is 20.4. The number of hydrogen-bond donors (Lipinski definition) is 2. The van der Waals surface area contributed by atoms with E-state index in [0.717, 1.165) is 11.1 Å². The first-order valence-corrected chi connectivity index (χ1v) is 10.3. The Hall–Kier alpha value is -1.93. The Balaban J connectivity index is 2.06. The van der Waals surface area contributed by atoms with Crippen LogP contribution >= 0.6 is 0 Å². The summed E-state index contributed by atoms with van der Waals surface area (Å²) in [6, 6.07) is 4.33. The van der Waals surface area contributed by atoms with Crippen LogP contribution in [0.2, 0.25) is 0 Å². The third kappa shape index (κ3) is 4.82. The van der Waals surface area contributed by atoms with Crippen LogP contribution in [-0.4, -0.2) is 48.5 Å². The highest BCUT2D eigenvalue weighted by atomic mass is 32.2. The number of aliphatic carboxylic acids is 1. The second kappa shape index (κ2) is 8.18. The minimum Gasteiger partial charge on any atom is -0.479 e. The fourth-order valence-electron chi connectivity index (χ4n) is 3.30. The van der Waals surface area contributed by atoms with Crippen molar-refractivity contribution in [2.24, 2.45) is 5.92 Å². The number of aryl methyl sites for hydroxylation is 2. The summed E-state index contributed by atoms with van der Waals surface area (Å²) >= 11 is 0. The maximum atomic E-state index is 12.5. The molecule has 0 aromatic heterocycles. The molecule has 7 nitrogen and oxygen atoms in total. The van der Waals surface area contributed by atoms with Gasteiger partial charge in [0, 0.05) is 19.0 Å². The molecular weight excluding hydrogens is 356 g/mol. The third-order valence-corrected chi connectivity index (χ3v) is 6.58. The van der Waals surface area contributed by atoms with Crippen LogP contribution in [0, 0.1) is 19.8 Å². The number of nitrogens with one attached hydrogen (secondary N) is 1. The first-order chi connectivity index (χ1) is 12.1. The maximum absolute atomic E-state index is 12.5. The van der Waals surface area contributed by atoms with E-state index < -0.39 is 22.0 Å². The van der Waals surface area contributed by atoms with Gasteiger partial charge in [-0.25, -0.2) is 17.5 Å². The van der Waals surface area contributed by atoms with Gasteiger partial charge < -0.3 is 10.4 Å². The lowest BCUT2D eigenvalue weighted by Gasteiger charge is -2.31. The zero-order valence-corrected chi connectivity index (χ0v) is 16.2. The van der Waals surface area contributed by atoms with Crippen molar-refractivity contribution in [3.05, 3.63) is 34.9 Å². The number of nitrogens with zero attached hydrogens (tertiary/aromatic N) is 1. The number of benzene rings is 1. The van der Waals surface area contributed by atoms with Crippen LogP contribution in [0.15, 0.2) is 18.2 Å². The number of carbonyl (C=O) groups is 2. The van der Waals surface area contributed by atoms with Gasteiger partial charge in [-0.1, -0.05) is 29.3 Å². The van der Waals surface area contributed by atoms with Crippen molar-refractivity contribution in [2.45, 2.75) is 39.7 Å². The molecule has 1 aromatic carbocycles. The summed E-state index contributed by atoms with van der Waals surface area (Å²) in [4.78, 5) is 24.2. The Labute approximate surface area is 154 Å². The molecule has 1 aromatic rings. The molecule has 1 amide bonds. The quantitative estimate of drug-likeness (QED) is 0.778. The van der Waals surface area contributed by atoms with Gasteiger partial charge in [-0.05, 0) is 39.2 Å². The molecule has 144 valence electrons. The Kier molecular flexibility index (Phi) is 6.41. The molecule has 1 aliphatic heterocycles. The van der Waals surface area contributed by atoms with Crippen LogP contribution < -0.4 is 5.32 Å². The standard InChI is InChI=1S/C18H26N2O5S/c1-4-26(24,25)20-7-5-14(6-8-20)17(21)19-16(18(22)23)15-10-12(2)9-13(3)11-15/h9-11,14,16H,4-8H2,1-3H3,(H,19,21)(H,22,23). The lowest BCUT2D eigenvalue weighted by atomic mass is 9.95. The highest BCUT2D eigenvalue weighted by molar-refractivity contribution is 7.89. The summed E-state index contributed by atoms with van der Waals surface area (Å²) in [7, 11) is -3.25. The van der Waals surface area contributed by atoms with E-state index in [9.17, 15) is 23.1 Å². The van der Waals surface area contributed by atoms with E-state index in [2.05, 4.69) is 5.32 Å². The monoisotopic (exact) mass is 382 g/mol. The average molecular weight is 382 g/mol. The summed E-state index contributed by atoms with van der Waals surface area (Å²) < 4.78 is 25.2. The van der Waals surface area contributed by atoms with Crippen molar-refractivity contribution < 1.29 is 23.1 Å². The number of carboxylic acids is 1. The van der Waals surface area contributed by atoms with Crippen molar-refractivity contribution in [3.8, 4) is 0 Å². The Morgan fingerprint density at radius 1 is 1.19 bits per heavy atom. The van der Waals surface area contributed by atoms with Gasteiger partial charge in [0.2, 0.25) is 15.9 Å². The summed E-state index contributed by atoms with van der Waals surface area (Å²) in [5, 5.41) is 12.2. The van der Waals surface area contributed by atoms with E-state index in [1.807, 2.05) is 19.9 Å². The van der Waals surface area contributed by atoms with Gasteiger partial charge in [0.25, 0.3) is 0 Å². The normalized spacial score (nSPS) is 17.7. The van der Waals surface area contributed by atoms with Crippen molar-refractivity contribution in [1.29, 1.82) is 0 Å². The SMILES string of the molecule is CCS(=O)(=O)N1CCC(C(=O)NC(C(=O)O)c2cc(C)cc(C)c2)CC1. The van der Waals surface area contributed by atoms with E-state index in [1.165, 1.54) is 4.31 Å². The van der Waals surface area contributed by atoms with Gasteiger partial charge in [-0.2, -0.15) is 0 Å². The summed E-state index contributed by atoms with van der Waals surface area (Å²) in [5.41, 5.74) is 2.39. The van der Waals surface area contributed by atoms with E-state index >= 15 is 0 Å². The van der Waals surface area contributed by atoms with Crippen molar-refractivity contribution in [1.82, 2.24) is 9.62 Å². The minimum absolute atomic E-state index is 0.0393. The maximum Gasteiger partial charge on any atom is 0.330 e. The molecule has 0 bridgehead atoms. The lowest BCUT2D eigenvalue weighted by molar-refractivity contribution is -0.142. The van der Waals surface area contributed by atoms with Crippen LogP contribution in [0.3, 0.4) is 0 Å². The molecule has 0 radical (unpaired) electrons. The number of carbonyl (C=O) groups excluding carboxylic acids is 1. The zero-order valence-electron chi connectivity index (χ0n) is 15.4. The summed E-state index contributed by atoms with van der Waals surface area (Å²) in [6.07, 6.45) is 0.786. The molecule has 0 spiro atoms. The van der Waals surface area contributed by atoms with E-state index in [0.29, 0.717) is 18.4 Å². The average Bonchev–Trinajstić information content (AvgIpc) is 2.58. The molecule has 2 N–H and O–H groups in total. The fourth-order valence-corrected chi connectivity index (χ4v) is 4.44. The van der Waals surface area contributed by atoms with Gasteiger partial charge in [0.05, 0.1) is 5.75 Å². The molecule has 1 fully saturated rings. The fraction of sp³-hybridized carbons (Fsp3) is 0.556. The predicted molar refractivity (Wildman–Crippen MR) is 98.2 cm³/mol. The second-order valence-electron chi connectivity index (χ2n) is 6.77. The smallest absolute Gasteiger partial charge is 0.330 e. The predicted octanol–water partition coefficient (Wildman–Crippen LogP) is 1.61. The van der Waals surface area contributed by atoms with Gasteiger partial charge in [-0.3, -0.25) is 4.79 Å². The summed E-state index contributed by atoms with van der Waals surface area (Å²) in [5.74, 6) is -1.80. The molecule has 8 heteroatoms. The largest absolute Gasteiger partial charge is 0.479 e. The van der Waals surface area contributed by atoms with E-state index in [4.69, 9.17) is 0 Å². The van der Waals surface area contributed by atoms with Gasteiger partial charge in [-0.15, -0.1) is 0 Å². The van der Waals surface area contributed by atoms with Crippen LogP contribution in [0.1, 0.15) is 42.5 Å². The zero-order chi connectivity index (χ0) is 19.5. The minimum atomic E-state index is -3.25. The first-order valence-electron chi connectivity index (χ1n) is 8.73. The Morgan fingerprint density at radius 3 is 2.19 bits per heavy atom. The topological polar surface area (TPSA) is 104 Å². The van der Waals surface area contributed by atoms with E-state index in [-0.39, 0.29) is 30.7 Å². The molecule has 26 heavy (non-hydrogen) atoms. The van der Waals surface area contributed by atoms with Crippen molar-refractivity contribution >= 4 is 21.9 Å². The van der Waals surface area contributed by atoms with Crippen LogP contribution in [0.25, 0.3) is 0 Å². The highest BCUT2D eigenvalue weighted by Crippen LogP contribution is 2.23. The number of sulfonamides is 1. The third-order valence-electron chi connectivity index (χ3n) is 4.69. The number of hydrogen-bond acceptors (Lipinski definition) is 4. The van der Waals surface area contributed by atoms with Gasteiger partial charge >= 0.3 is 5.97 Å².